The first-order valence-electron chi connectivity index (χ1n) is 9.53. The lowest BCUT2D eigenvalue weighted by Gasteiger charge is -2.17. The lowest BCUT2D eigenvalue weighted by Crippen LogP contribution is -2.29. The lowest BCUT2D eigenvalue weighted by molar-refractivity contribution is 0.0787. The van der Waals surface area contributed by atoms with Gasteiger partial charge in [0.05, 0.1) is 46.5 Å². The molecule has 140 valence electrons. The molecular weight excluding hydrogens is 350 g/mol. The second kappa shape index (κ2) is 6.64. The Bertz CT molecular complexity index is 1140. The highest BCUT2D eigenvalue weighted by Crippen LogP contribution is 2.27. The van der Waals surface area contributed by atoms with Crippen LogP contribution in [-0.4, -0.2) is 43.2 Å². The minimum atomic E-state index is 0.0478. The SMILES string of the molecule is Cc1c(C(=O)N2CC[C@@H](n3cnc4ccccc43)C2)cnn1-c1ccccc1. The van der Waals surface area contributed by atoms with Crippen LogP contribution in [0.25, 0.3) is 16.7 Å². The second-order valence-electron chi connectivity index (χ2n) is 7.23. The summed E-state index contributed by atoms with van der Waals surface area (Å²) < 4.78 is 4.02. The molecule has 1 aliphatic heterocycles. The molecular formula is C22H21N5O. The van der Waals surface area contributed by atoms with E-state index in [9.17, 15) is 4.79 Å². The molecule has 2 aromatic heterocycles. The number of hydrogen-bond acceptors (Lipinski definition) is 3. The third-order valence-corrected chi connectivity index (χ3v) is 5.57. The molecule has 2 aromatic carbocycles. The fourth-order valence-corrected chi connectivity index (χ4v) is 4.04. The number of amides is 1. The number of carbonyl (C=O) groups is 1. The molecule has 1 fully saturated rings. The standard InChI is InChI=1S/C22H21N5O/c1-16-19(13-24-27(16)17-7-3-2-4-8-17)22(28)25-12-11-18(14-25)26-15-23-20-9-5-6-10-21(20)26/h2-10,13,15,18H,11-12,14H2,1H3/t18-/m1/s1. The van der Waals surface area contributed by atoms with E-state index < -0.39 is 0 Å². The third-order valence-electron chi connectivity index (χ3n) is 5.57. The van der Waals surface area contributed by atoms with Gasteiger partial charge in [0.25, 0.3) is 5.91 Å². The summed E-state index contributed by atoms with van der Waals surface area (Å²) in [6.07, 6.45) is 4.50. The first-order chi connectivity index (χ1) is 13.7. The van der Waals surface area contributed by atoms with Crippen molar-refractivity contribution < 1.29 is 4.79 Å². The summed E-state index contributed by atoms with van der Waals surface area (Å²) in [4.78, 5) is 19.6. The Hall–Kier alpha value is -3.41. The van der Waals surface area contributed by atoms with Crippen LogP contribution in [0, 0.1) is 6.92 Å². The normalized spacial score (nSPS) is 16.8. The fraction of sp³-hybridized carbons (Fsp3) is 0.227. The van der Waals surface area contributed by atoms with E-state index in [0.29, 0.717) is 12.1 Å². The van der Waals surface area contributed by atoms with E-state index in [1.54, 1.807) is 6.20 Å². The van der Waals surface area contributed by atoms with Gasteiger partial charge in [-0.15, -0.1) is 0 Å². The van der Waals surface area contributed by atoms with E-state index in [1.807, 2.05) is 71.4 Å². The number of para-hydroxylation sites is 3. The van der Waals surface area contributed by atoms with Crippen LogP contribution in [0.15, 0.2) is 67.1 Å². The number of nitrogens with zero attached hydrogens (tertiary/aromatic N) is 5. The molecule has 0 spiro atoms. The number of hydrogen-bond donors (Lipinski definition) is 0. The van der Waals surface area contributed by atoms with Gasteiger partial charge < -0.3 is 9.47 Å². The van der Waals surface area contributed by atoms with E-state index >= 15 is 0 Å². The first-order valence-corrected chi connectivity index (χ1v) is 9.53. The molecule has 6 heteroatoms. The predicted octanol–water partition coefficient (Wildman–Crippen LogP) is 3.62. The topological polar surface area (TPSA) is 56.0 Å². The second-order valence-corrected chi connectivity index (χ2v) is 7.23. The van der Waals surface area contributed by atoms with Crippen LogP contribution in [0.5, 0.6) is 0 Å². The number of likely N-dealkylation sites (tertiary alicyclic amines) is 1. The maximum Gasteiger partial charge on any atom is 0.257 e. The van der Waals surface area contributed by atoms with Crippen molar-refractivity contribution in [1.29, 1.82) is 0 Å². The van der Waals surface area contributed by atoms with E-state index in [-0.39, 0.29) is 11.9 Å². The van der Waals surface area contributed by atoms with Gasteiger partial charge in [0, 0.05) is 13.1 Å². The zero-order valence-corrected chi connectivity index (χ0v) is 15.7. The molecule has 5 rings (SSSR count). The Balaban J connectivity index is 1.38. The minimum Gasteiger partial charge on any atom is -0.336 e. The number of fused-ring (bicyclic) bond motifs is 1. The first kappa shape index (κ1) is 16.7. The summed E-state index contributed by atoms with van der Waals surface area (Å²) >= 11 is 0. The van der Waals surface area contributed by atoms with Gasteiger partial charge in [-0.2, -0.15) is 5.10 Å². The molecule has 1 atom stereocenters. The van der Waals surface area contributed by atoms with Crippen molar-refractivity contribution in [2.24, 2.45) is 0 Å². The summed E-state index contributed by atoms with van der Waals surface area (Å²) in [5, 5.41) is 4.44. The molecule has 0 bridgehead atoms. The number of imidazole rings is 1. The van der Waals surface area contributed by atoms with Crippen molar-refractivity contribution >= 4 is 16.9 Å². The monoisotopic (exact) mass is 371 g/mol. The van der Waals surface area contributed by atoms with Crippen molar-refractivity contribution in [3.63, 3.8) is 0 Å². The van der Waals surface area contributed by atoms with Gasteiger partial charge in [-0.1, -0.05) is 30.3 Å². The highest BCUT2D eigenvalue weighted by atomic mass is 16.2. The van der Waals surface area contributed by atoms with Crippen LogP contribution < -0.4 is 0 Å². The summed E-state index contributed by atoms with van der Waals surface area (Å²) in [5.74, 6) is 0.0478. The van der Waals surface area contributed by atoms with Gasteiger partial charge in [0.1, 0.15) is 0 Å². The molecule has 6 nitrogen and oxygen atoms in total. The Labute approximate surface area is 163 Å². The maximum atomic E-state index is 13.1. The van der Waals surface area contributed by atoms with Crippen LogP contribution >= 0.6 is 0 Å². The summed E-state index contributed by atoms with van der Waals surface area (Å²) in [6, 6.07) is 18.3. The van der Waals surface area contributed by atoms with Gasteiger partial charge in [-0.25, -0.2) is 9.67 Å². The molecule has 3 heterocycles. The number of rotatable bonds is 3. The van der Waals surface area contributed by atoms with Gasteiger partial charge in [0.15, 0.2) is 0 Å². The molecule has 0 saturated carbocycles. The lowest BCUT2D eigenvalue weighted by atomic mass is 10.2. The van der Waals surface area contributed by atoms with Crippen molar-refractivity contribution in [2.75, 3.05) is 13.1 Å². The Morgan fingerprint density at radius 1 is 1.07 bits per heavy atom. The molecule has 0 N–H and O–H groups in total. The summed E-state index contributed by atoms with van der Waals surface area (Å²) in [5.41, 5.74) is 4.61. The minimum absolute atomic E-state index is 0.0478. The Morgan fingerprint density at radius 2 is 1.86 bits per heavy atom. The van der Waals surface area contributed by atoms with Gasteiger partial charge in [0.2, 0.25) is 0 Å². The van der Waals surface area contributed by atoms with E-state index in [1.165, 1.54) is 0 Å². The molecule has 4 aromatic rings. The van der Waals surface area contributed by atoms with Gasteiger partial charge >= 0.3 is 0 Å². The van der Waals surface area contributed by atoms with Crippen molar-refractivity contribution in [1.82, 2.24) is 24.2 Å². The fourth-order valence-electron chi connectivity index (χ4n) is 4.04. The van der Waals surface area contributed by atoms with Crippen molar-refractivity contribution in [2.45, 2.75) is 19.4 Å². The van der Waals surface area contributed by atoms with E-state index in [4.69, 9.17) is 0 Å². The molecule has 1 amide bonds. The Kier molecular flexibility index (Phi) is 3.97. The molecule has 1 saturated heterocycles. The number of carbonyl (C=O) groups excluding carboxylic acids is 1. The van der Waals surface area contributed by atoms with Gasteiger partial charge in [-0.05, 0) is 37.6 Å². The summed E-state index contributed by atoms with van der Waals surface area (Å²) in [7, 11) is 0. The Morgan fingerprint density at radius 3 is 2.71 bits per heavy atom. The molecule has 0 unspecified atom stereocenters. The van der Waals surface area contributed by atoms with Crippen LogP contribution in [0.2, 0.25) is 0 Å². The zero-order valence-electron chi connectivity index (χ0n) is 15.7. The number of benzene rings is 2. The average Bonchev–Trinajstić information content (AvgIpc) is 3.46. The maximum absolute atomic E-state index is 13.1. The van der Waals surface area contributed by atoms with E-state index in [0.717, 1.165) is 35.4 Å². The quantitative estimate of drug-likeness (QED) is 0.553. The van der Waals surface area contributed by atoms with E-state index in [2.05, 4.69) is 20.7 Å². The predicted molar refractivity (Wildman–Crippen MR) is 108 cm³/mol. The zero-order chi connectivity index (χ0) is 19.1. The molecule has 0 aliphatic carbocycles. The van der Waals surface area contributed by atoms with Crippen LogP contribution in [0.3, 0.4) is 0 Å². The van der Waals surface area contributed by atoms with Crippen LogP contribution in [0.1, 0.15) is 28.5 Å². The molecule has 28 heavy (non-hydrogen) atoms. The van der Waals surface area contributed by atoms with Crippen molar-refractivity contribution in [3.05, 3.63) is 78.4 Å². The number of aromatic nitrogens is 4. The van der Waals surface area contributed by atoms with Crippen LogP contribution in [-0.2, 0) is 0 Å². The average molecular weight is 371 g/mol. The highest BCUT2D eigenvalue weighted by molar-refractivity contribution is 5.95. The molecule has 0 radical (unpaired) electrons. The third kappa shape index (κ3) is 2.69. The summed E-state index contributed by atoms with van der Waals surface area (Å²) in [6.45, 7) is 3.38. The molecule has 1 aliphatic rings. The highest BCUT2D eigenvalue weighted by Gasteiger charge is 2.30. The largest absolute Gasteiger partial charge is 0.336 e. The van der Waals surface area contributed by atoms with Crippen molar-refractivity contribution in [3.8, 4) is 5.69 Å². The smallest absolute Gasteiger partial charge is 0.257 e. The van der Waals surface area contributed by atoms with Crippen LogP contribution in [0.4, 0.5) is 0 Å². The van der Waals surface area contributed by atoms with Gasteiger partial charge in [-0.3, -0.25) is 4.79 Å².